The van der Waals surface area contributed by atoms with Crippen LogP contribution in [0.4, 0.5) is 13.2 Å². The Bertz CT molecular complexity index is 979. The monoisotopic (exact) mass is 401 g/mol. The van der Waals surface area contributed by atoms with Crippen molar-refractivity contribution in [2.24, 2.45) is 0 Å². The molecule has 1 aromatic heterocycles. The summed E-state index contributed by atoms with van der Waals surface area (Å²) in [6.45, 7) is 0.937. The summed E-state index contributed by atoms with van der Waals surface area (Å²) >= 11 is 0. The maximum atomic E-state index is 12.8. The molecule has 0 bridgehead atoms. The van der Waals surface area contributed by atoms with Crippen LogP contribution in [0, 0.1) is 0 Å². The van der Waals surface area contributed by atoms with Crippen LogP contribution in [-0.2, 0) is 19.1 Å². The van der Waals surface area contributed by atoms with E-state index in [4.69, 9.17) is 4.74 Å². The Kier molecular flexibility index (Phi) is 5.21. The van der Waals surface area contributed by atoms with E-state index < -0.39 is 18.2 Å². The van der Waals surface area contributed by atoms with E-state index in [0.717, 1.165) is 23.3 Å². The molecule has 2 heterocycles. The SMILES string of the molecule is OC1Oc2ccc(-c3ccc(C(F)(F)F)cc3)cc2CN1CCc1ncccn1. The minimum Gasteiger partial charge on any atom is -0.451 e. The third-order valence-corrected chi connectivity index (χ3v) is 4.77. The number of hydrogen-bond acceptors (Lipinski definition) is 5. The third kappa shape index (κ3) is 4.38. The molecule has 0 saturated carbocycles. The second-order valence-electron chi connectivity index (χ2n) is 6.73. The van der Waals surface area contributed by atoms with Crippen LogP contribution in [0.5, 0.6) is 5.75 Å². The van der Waals surface area contributed by atoms with Gasteiger partial charge in [0.15, 0.2) is 0 Å². The van der Waals surface area contributed by atoms with Gasteiger partial charge in [0.1, 0.15) is 11.6 Å². The predicted molar refractivity (Wildman–Crippen MR) is 99.7 cm³/mol. The number of aliphatic hydroxyl groups excluding tert-OH is 1. The molecule has 0 fully saturated rings. The summed E-state index contributed by atoms with van der Waals surface area (Å²) in [5.41, 5.74) is 1.63. The summed E-state index contributed by atoms with van der Waals surface area (Å²) < 4.78 is 43.9. The van der Waals surface area contributed by atoms with Gasteiger partial charge in [-0.05, 0) is 41.5 Å². The van der Waals surface area contributed by atoms with E-state index in [0.29, 0.717) is 36.6 Å². The highest BCUT2D eigenvalue weighted by atomic mass is 19.4. The van der Waals surface area contributed by atoms with Crippen LogP contribution in [0.2, 0.25) is 0 Å². The second kappa shape index (κ2) is 7.81. The molecule has 5 nitrogen and oxygen atoms in total. The van der Waals surface area contributed by atoms with Crippen molar-refractivity contribution in [1.29, 1.82) is 0 Å². The largest absolute Gasteiger partial charge is 0.451 e. The van der Waals surface area contributed by atoms with Crippen molar-refractivity contribution in [2.45, 2.75) is 25.6 Å². The van der Waals surface area contributed by atoms with Gasteiger partial charge in [0.2, 0.25) is 0 Å². The zero-order valence-electron chi connectivity index (χ0n) is 15.3. The molecule has 150 valence electrons. The number of benzene rings is 2. The molecule has 0 amide bonds. The zero-order valence-corrected chi connectivity index (χ0v) is 15.3. The standard InChI is InChI=1S/C21H18F3N3O2/c22-21(23,24)17-5-2-14(3-6-17)15-4-7-18-16(12-15)13-27(20(28)29-18)11-8-19-25-9-1-10-26-19/h1-7,9-10,12,20,28H,8,11,13H2. The maximum absolute atomic E-state index is 12.8. The molecular weight excluding hydrogens is 383 g/mol. The quantitative estimate of drug-likeness (QED) is 0.719. The molecule has 0 aliphatic carbocycles. The van der Waals surface area contributed by atoms with Crippen LogP contribution < -0.4 is 4.74 Å². The molecule has 4 rings (SSSR count). The van der Waals surface area contributed by atoms with E-state index in [9.17, 15) is 18.3 Å². The van der Waals surface area contributed by atoms with E-state index in [2.05, 4.69) is 9.97 Å². The van der Waals surface area contributed by atoms with Gasteiger partial charge in [-0.3, -0.25) is 0 Å². The van der Waals surface area contributed by atoms with Crippen LogP contribution in [0.15, 0.2) is 60.9 Å². The first-order valence-electron chi connectivity index (χ1n) is 9.05. The van der Waals surface area contributed by atoms with Crippen LogP contribution >= 0.6 is 0 Å². The lowest BCUT2D eigenvalue weighted by molar-refractivity contribution is -0.151. The fourth-order valence-corrected chi connectivity index (χ4v) is 3.23. The number of nitrogens with zero attached hydrogens (tertiary/aromatic N) is 3. The van der Waals surface area contributed by atoms with E-state index in [-0.39, 0.29) is 0 Å². The number of ether oxygens (including phenoxy) is 1. The van der Waals surface area contributed by atoms with Crippen LogP contribution in [0.1, 0.15) is 17.0 Å². The second-order valence-corrected chi connectivity index (χ2v) is 6.73. The molecule has 3 aromatic rings. The third-order valence-electron chi connectivity index (χ3n) is 4.77. The van der Waals surface area contributed by atoms with E-state index in [1.54, 1.807) is 35.5 Å². The lowest BCUT2D eigenvalue weighted by atomic mass is 10.0. The first kappa shape index (κ1) is 19.4. The lowest BCUT2D eigenvalue weighted by Crippen LogP contribution is -2.43. The number of aromatic nitrogens is 2. The van der Waals surface area contributed by atoms with Gasteiger partial charge in [0, 0.05) is 37.5 Å². The Morgan fingerprint density at radius 2 is 1.72 bits per heavy atom. The summed E-state index contributed by atoms with van der Waals surface area (Å²) in [6, 6.07) is 12.1. The molecule has 1 unspecified atom stereocenters. The van der Waals surface area contributed by atoms with Crippen molar-refractivity contribution in [3.05, 3.63) is 77.9 Å². The van der Waals surface area contributed by atoms with Crippen LogP contribution in [0.3, 0.4) is 0 Å². The number of rotatable bonds is 4. The molecule has 2 aromatic carbocycles. The summed E-state index contributed by atoms with van der Waals surface area (Å²) in [5.74, 6) is 1.23. The van der Waals surface area contributed by atoms with Gasteiger partial charge in [-0.25, -0.2) is 14.9 Å². The van der Waals surface area contributed by atoms with Gasteiger partial charge in [0.05, 0.1) is 5.56 Å². The number of hydrogen-bond donors (Lipinski definition) is 1. The fraction of sp³-hybridized carbons (Fsp3) is 0.238. The van der Waals surface area contributed by atoms with Crippen molar-refractivity contribution in [3.63, 3.8) is 0 Å². The van der Waals surface area contributed by atoms with Gasteiger partial charge in [-0.15, -0.1) is 0 Å². The molecule has 1 atom stereocenters. The smallest absolute Gasteiger partial charge is 0.416 e. The summed E-state index contributed by atoms with van der Waals surface area (Å²) in [4.78, 5) is 10.1. The van der Waals surface area contributed by atoms with Crippen LogP contribution in [-0.4, -0.2) is 32.9 Å². The highest BCUT2D eigenvalue weighted by molar-refractivity contribution is 5.66. The first-order valence-corrected chi connectivity index (χ1v) is 9.05. The predicted octanol–water partition coefficient (Wildman–Crippen LogP) is 3.88. The van der Waals surface area contributed by atoms with E-state index in [1.807, 2.05) is 6.07 Å². The van der Waals surface area contributed by atoms with Gasteiger partial charge < -0.3 is 9.84 Å². The molecule has 0 spiro atoms. The highest BCUT2D eigenvalue weighted by Crippen LogP contribution is 2.34. The first-order chi connectivity index (χ1) is 13.9. The molecule has 1 aliphatic rings. The Hall–Kier alpha value is -2.97. The number of aliphatic hydroxyl groups is 1. The zero-order chi connectivity index (χ0) is 20.4. The maximum Gasteiger partial charge on any atom is 0.416 e. The van der Waals surface area contributed by atoms with Crippen molar-refractivity contribution in [3.8, 4) is 16.9 Å². The minimum atomic E-state index is -4.36. The molecule has 0 saturated heterocycles. The van der Waals surface area contributed by atoms with Gasteiger partial charge in [-0.2, -0.15) is 13.2 Å². The summed E-state index contributed by atoms with van der Waals surface area (Å²) in [7, 11) is 0. The Morgan fingerprint density at radius 3 is 2.41 bits per heavy atom. The summed E-state index contributed by atoms with van der Waals surface area (Å²) in [6.07, 6.45) is -1.56. The van der Waals surface area contributed by atoms with E-state index in [1.165, 1.54) is 12.1 Å². The topological polar surface area (TPSA) is 58.5 Å². The average molecular weight is 401 g/mol. The fourth-order valence-electron chi connectivity index (χ4n) is 3.23. The van der Waals surface area contributed by atoms with Crippen molar-refractivity contribution < 1.29 is 23.0 Å². The van der Waals surface area contributed by atoms with Crippen molar-refractivity contribution in [2.75, 3.05) is 6.54 Å². The van der Waals surface area contributed by atoms with Crippen molar-refractivity contribution >= 4 is 0 Å². The summed E-state index contributed by atoms with van der Waals surface area (Å²) in [5, 5.41) is 10.2. The molecule has 1 N–H and O–H groups in total. The molecule has 1 aliphatic heterocycles. The van der Waals surface area contributed by atoms with E-state index >= 15 is 0 Å². The number of alkyl halides is 3. The number of halogens is 3. The van der Waals surface area contributed by atoms with Crippen molar-refractivity contribution in [1.82, 2.24) is 14.9 Å². The van der Waals surface area contributed by atoms with Gasteiger partial charge in [0.25, 0.3) is 6.41 Å². The van der Waals surface area contributed by atoms with Gasteiger partial charge in [-0.1, -0.05) is 18.2 Å². The minimum absolute atomic E-state index is 0.442. The lowest BCUT2D eigenvalue weighted by Gasteiger charge is -2.33. The average Bonchev–Trinajstić information content (AvgIpc) is 2.72. The Labute approximate surface area is 165 Å². The normalized spacial score (nSPS) is 16.9. The Morgan fingerprint density at radius 1 is 1.03 bits per heavy atom. The molecule has 8 heteroatoms. The molecular formula is C21H18F3N3O2. The molecule has 29 heavy (non-hydrogen) atoms. The Balaban J connectivity index is 1.51. The highest BCUT2D eigenvalue weighted by Gasteiger charge is 2.30. The van der Waals surface area contributed by atoms with Gasteiger partial charge >= 0.3 is 6.18 Å². The number of fused-ring (bicyclic) bond motifs is 1. The van der Waals surface area contributed by atoms with Crippen LogP contribution in [0.25, 0.3) is 11.1 Å². The molecule has 0 radical (unpaired) electrons.